The number of methoxy groups -OCH3 is 2. The zero-order valence-electron chi connectivity index (χ0n) is 13.8. The maximum atomic E-state index is 12.7. The zero-order chi connectivity index (χ0) is 17.8. The number of amides is 1. The highest BCUT2D eigenvalue weighted by Crippen LogP contribution is 2.30. The molecule has 0 fully saturated rings. The Balaban J connectivity index is 1.92. The second-order valence-electron chi connectivity index (χ2n) is 5.17. The van der Waals surface area contributed by atoms with E-state index in [-0.39, 0.29) is 5.91 Å². The molecule has 1 heterocycles. The SMILES string of the molecule is COc1cc(OC)cc(C(=O)Nc2ccccc2-c2csc(N)n2)c1. The Kier molecular flexibility index (Phi) is 4.85. The monoisotopic (exact) mass is 355 g/mol. The highest BCUT2D eigenvalue weighted by atomic mass is 32.1. The summed E-state index contributed by atoms with van der Waals surface area (Å²) in [5, 5.41) is 5.25. The lowest BCUT2D eigenvalue weighted by Crippen LogP contribution is -2.13. The van der Waals surface area contributed by atoms with Gasteiger partial charge in [0.25, 0.3) is 5.91 Å². The van der Waals surface area contributed by atoms with Gasteiger partial charge in [0.05, 0.1) is 25.6 Å². The van der Waals surface area contributed by atoms with Gasteiger partial charge in [0.2, 0.25) is 0 Å². The first-order valence-corrected chi connectivity index (χ1v) is 8.33. The Hall–Kier alpha value is -3.06. The molecular formula is C18H17N3O3S. The molecule has 3 rings (SSSR count). The molecule has 6 nitrogen and oxygen atoms in total. The van der Waals surface area contributed by atoms with Gasteiger partial charge in [0.1, 0.15) is 11.5 Å². The van der Waals surface area contributed by atoms with Gasteiger partial charge in [-0.15, -0.1) is 11.3 Å². The molecule has 2 aromatic carbocycles. The maximum absolute atomic E-state index is 12.7. The van der Waals surface area contributed by atoms with Gasteiger partial charge in [-0.2, -0.15) is 0 Å². The van der Waals surface area contributed by atoms with Crippen LogP contribution in [-0.2, 0) is 0 Å². The van der Waals surface area contributed by atoms with Gasteiger partial charge in [0.15, 0.2) is 5.13 Å². The number of thiazole rings is 1. The first-order chi connectivity index (χ1) is 12.1. The lowest BCUT2D eigenvalue weighted by Gasteiger charge is -2.11. The number of hydrogen-bond acceptors (Lipinski definition) is 6. The second-order valence-corrected chi connectivity index (χ2v) is 6.06. The number of hydrogen-bond donors (Lipinski definition) is 2. The van der Waals surface area contributed by atoms with Crippen LogP contribution in [0.25, 0.3) is 11.3 Å². The first kappa shape index (κ1) is 16.8. The predicted octanol–water partition coefficient (Wildman–Crippen LogP) is 3.66. The van der Waals surface area contributed by atoms with Crippen LogP contribution in [0.5, 0.6) is 11.5 Å². The van der Waals surface area contributed by atoms with Crippen LogP contribution >= 0.6 is 11.3 Å². The summed E-state index contributed by atoms with van der Waals surface area (Å²) in [5.41, 5.74) is 8.33. The molecule has 1 amide bonds. The molecular weight excluding hydrogens is 338 g/mol. The van der Waals surface area contributed by atoms with Crippen LogP contribution in [0.1, 0.15) is 10.4 Å². The van der Waals surface area contributed by atoms with Gasteiger partial charge in [-0.05, 0) is 18.2 Å². The molecule has 0 aliphatic carbocycles. The molecule has 0 aliphatic rings. The Bertz CT molecular complexity index is 886. The molecule has 0 spiro atoms. The van der Waals surface area contributed by atoms with E-state index in [9.17, 15) is 4.79 Å². The third-order valence-electron chi connectivity index (χ3n) is 3.59. The van der Waals surface area contributed by atoms with Crippen LogP contribution in [0.4, 0.5) is 10.8 Å². The van der Waals surface area contributed by atoms with Crippen molar-refractivity contribution >= 4 is 28.1 Å². The normalized spacial score (nSPS) is 10.3. The van der Waals surface area contributed by atoms with E-state index in [0.717, 1.165) is 11.3 Å². The van der Waals surface area contributed by atoms with E-state index in [1.54, 1.807) is 32.4 Å². The van der Waals surface area contributed by atoms with Crippen molar-refractivity contribution in [1.82, 2.24) is 4.98 Å². The highest BCUT2D eigenvalue weighted by molar-refractivity contribution is 7.13. The molecule has 0 unspecified atom stereocenters. The van der Waals surface area contributed by atoms with Crippen molar-refractivity contribution in [1.29, 1.82) is 0 Å². The van der Waals surface area contributed by atoms with Crippen LogP contribution in [0.15, 0.2) is 47.8 Å². The van der Waals surface area contributed by atoms with E-state index in [2.05, 4.69) is 10.3 Å². The zero-order valence-corrected chi connectivity index (χ0v) is 14.6. The summed E-state index contributed by atoms with van der Waals surface area (Å²) >= 11 is 1.35. The number of para-hydroxylation sites is 1. The number of rotatable bonds is 5. The molecule has 25 heavy (non-hydrogen) atoms. The average Bonchev–Trinajstić information content (AvgIpc) is 3.07. The number of aromatic nitrogens is 1. The van der Waals surface area contributed by atoms with Crippen LogP contribution in [0, 0.1) is 0 Å². The summed E-state index contributed by atoms with van der Waals surface area (Å²) in [6, 6.07) is 12.5. The molecule has 0 bridgehead atoms. The van der Waals surface area contributed by atoms with Gasteiger partial charge in [-0.25, -0.2) is 4.98 Å². The standard InChI is InChI=1S/C18H17N3O3S/c1-23-12-7-11(8-13(9-12)24-2)17(22)20-15-6-4-3-5-14(15)16-10-25-18(19)21-16/h3-10H,1-2H3,(H2,19,21)(H,20,22). The molecule has 0 radical (unpaired) electrons. The number of carbonyl (C=O) groups excluding carboxylic acids is 1. The van der Waals surface area contributed by atoms with E-state index in [0.29, 0.717) is 27.9 Å². The van der Waals surface area contributed by atoms with Gasteiger partial charge in [-0.1, -0.05) is 18.2 Å². The highest BCUT2D eigenvalue weighted by Gasteiger charge is 2.14. The summed E-state index contributed by atoms with van der Waals surface area (Å²) < 4.78 is 10.4. The van der Waals surface area contributed by atoms with Crippen molar-refractivity contribution in [2.24, 2.45) is 0 Å². The largest absolute Gasteiger partial charge is 0.497 e. The minimum atomic E-state index is -0.271. The molecule has 1 aromatic heterocycles. The summed E-state index contributed by atoms with van der Waals surface area (Å²) in [7, 11) is 3.08. The minimum absolute atomic E-state index is 0.271. The summed E-state index contributed by atoms with van der Waals surface area (Å²) in [6.07, 6.45) is 0. The lowest BCUT2D eigenvalue weighted by atomic mass is 10.1. The number of nitrogens with one attached hydrogen (secondary N) is 1. The Labute approximate surface area is 149 Å². The number of carbonyl (C=O) groups is 1. The van der Waals surface area contributed by atoms with Crippen molar-refractivity contribution in [3.8, 4) is 22.8 Å². The van der Waals surface area contributed by atoms with E-state index < -0.39 is 0 Å². The molecule has 0 aliphatic heterocycles. The van der Waals surface area contributed by atoms with Crippen LogP contribution in [0.3, 0.4) is 0 Å². The Morgan fingerprint density at radius 1 is 1.12 bits per heavy atom. The fourth-order valence-corrected chi connectivity index (χ4v) is 2.92. The molecule has 3 aromatic rings. The van der Waals surface area contributed by atoms with Crippen molar-refractivity contribution < 1.29 is 14.3 Å². The van der Waals surface area contributed by atoms with Crippen molar-refractivity contribution in [3.63, 3.8) is 0 Å². The van der Waals surface area contributed by atoms with Gasteiger partial charge in [-0.3, -0.25) is 4.79 Å². The van der Waals surface area contributed by atoms with E-state index >= 15 is 0 Å². The average molecular weight is 355 g/mol. The van der Waals surface area contributed by atoms with Gasteiger partial charge >= 0.3 is 0 Å². The van der Waals surface area contributed by atoms with Crippen LogP contribution < -0.4 is 20.5 Å². The number of ether oxygens (including phenoxy) is 2. The second kappa shape index (κ2) is 7.23. The van der Waals surface area contributed by atoms with E-state index in [1.165, 1.54) is 11.3 Å². The summed E-state index contributed by atoms with van der Waals surface area (Å²) in [6.45, 7) is 0. The molecule has 128 valence electrons. The molecule has 3 N–H and O–H groups in total. The number of nitrogens with two attached hydrogens (primary N) is 1. The quantitative estimate of drug-likeness (QED) is 0.729. The fourth-order valence-electron chi connectivity index (χ4n) is 2.36. The smallest absolute Gasteiger partial charge is 0.255 e. The van der Waals surface area contributed by atoms with Crippen molar-refractivity contribution in [2.45, 2.75) is 0 Å². The van der Waals surface area contributed by atoms with Crippen LogP contribution in [-0.4, -0.2) is 25.1 Å². The number of benzene rings is 2. The molecule has 0 saturated heterocycles. The summed E-state index contributed by atoms with van der Waals surface area (Å²) in [4.78, 5) is 17.0. The number of nitrogen functional groups attached to an aromatic ring is 1. The number of anilines is 2. The lowest BCUT2D eigenvalue weighted by molar-refractivity contribution is 0.102. The topological polar surface area (TPSA) is 86.5 Å². The third-order valence-corrected chi connectivity index (χ3v) is 4.26. The molecule has 0 atom stereocenters. The summed E-state index contributed by atoms with van der Waals surface area (Å²) in [5.74, 6) is 0.822. The van der Waals surface area contributed by atoms with Gasteiger partial charge < -0.3 is 20.5 Å². The minimum Gasteiger partial charge on any atom is -0.497 e. The first-order valence-electron chi connectivity index (χ1n) is 7.45. The molecule has 7 heteroatoms. The molecule has 0 saturated carbocycles. The van der Waals surface area contributed by atoms with Crippen molar-refractivity contribution in [2.75, 3.05) is 25.3 Å². The van der Waals surface area contributed by atoms with Crippen LogP contribution in [0.2, 0.25) is 0 Å². The van der Waals surface area contributed by atoms with Gasteiger partial charge in [0, 0.05) is 22.6 Å². The van der Waals surface area contributed by atoms with E-state index in [1.807, 2.05) is 29.6 Å². The fraction of sp³-hybridized carbons (Fsp3) is 0.111. The third kappa shape index (κ3) is 3.72. The number of nitrogens with zero attached hydrogens (tertiary/aromatic N) is 1. The Morgan fingerprint density at radius 2 is 1.80 bits per heavy atom. The maximum Gasteiger partial charge on any atom is 0.255 e. The van der Waals surface area contributed by atoms with E-state index in [4.69, 9.17) is 15.2 Å². The predicted molar refractivity (Wildman–Crippen MR) is 99.5 cm³/mol. The van der Waals surface area contributed by atoms with Crippen molar-refractivity contribution in [3.05, 3.63) is 53.4 Å². The Morgan fingerprint density at radius 3 is 2.40 bits per heavy atom.